The molecule has 0 amide bonds. The van der Waals surface area contributed by atoms with E-state index in [0.717, 1.165) is 64.2 Å². The second kappa shape index (κ2) is 27.5. The second-order valence-electron chi connectivity index (χ2n) is 11.1. The Morgan fingerprint density at radius 1 is 1.04 bits per heavy atom. The van der Waals surface area contributed by atoms with Gasteiger partial charge in [-0.3, -0.25) is 9.69 Å². The average molecular weight is 649 g/mol. The minimum Gasteiger partial charge on any atom is -0.459 e. The van der Waals surface area contributed by atoms with Crippen LogP contribution in [0.25, 0.3) is 0 Å². The first kappa shape index (κ1) is 44.3. The molecule has 1 heterocycles. The number of likely N-dealkylation sites (tertiary alicyclic amines) is 1. The first-order valence-electron chi connectivity index (χ1n) is 15.7. The maximum Gasteiger partial charge on any atom is 0.293 e. The van der Waals surface area contributed by atoms with E-state index in [-0.39, 0.29) is 12.8 Å². The van der Waals surface area contributed by atoms with Gasteiger partial charge in [-0.25, -0.2) is 8.78 Å². The van der Waals surface area contributed by atoms with E-state index in [9.17, 15) is 13.6 Å². The number of ether oxygens (including phenoxy) is 2. The molecule has 1 aromatic carbocycles. The van der Waals surface area contributed by atoms with Gasteiger partial charge in [0.25, 0.3) is 6.47 Å². The minimum atomic E-state index is -0.689. The number of likely N-dealkylation sites (N-methyl/N-ethyl adjacent to an activating group) is 1. The molecule has 5 nitrogen and oxygen atoms in total. The van der Waals surface area contributed by atoms with Crippen LogP contribution in [0.2, 0.25) is 0 Å². The van der Waals surface area contributed by atoms with Gasteiger partial charge in [-0.15, -0.1) is 22.1 Å². The zero-order valence-corrected chi connectivity index (χ0v) is 30.2. The molecular formula is C37H59F2N2O3P. The molecule has 0 bridgehead atoms. The van der Waals surface area contributed by atoms with Gasteiger partial charge in [0.15, 0.2) is 0 Å². The molecule has 0 radical (unpaired) electrons. The Balaban J connectivity index is 0. The molecule has 1 aliphatic heterocycles. The van der Waals surface area contributed by atoms with Gasteiger partial charge in [-0.1, -0.05) is 59.8 Å². The van der Waals surface area contributed by atoms with Gasteiger partial charge < -0.3 is 14.4 Å². The first-order chi connectivity index (χ1) is 21.5. The Bertz CT molecular complexity index is 1030. The number of benzene rings is 1. The topological polar surface area (TPSA) is 42.0 Å². The lowest BCUT2D eigenvalue weighted by molar-refractivity contribution is -0.150. The Kier molecular flexibility index (Phi) is 27.1. The minimum absolute atomic E-state index is 0.0100. The molecular weight excluding hydrogens is 589 g/mol. The van der Waals surface area contributed by atoms with Crippen LogP contribution < -0.4 is 0 Å². The van der Waals surface area contributed by atoms with E-state index < -0.39 is 11.4 Å². The van der Waals surface area contributed by atoms with E-state index in [1.54, 1.807) is 0 Å². The summed E-state index contributed by atoms with van der Waals surface area (Å²) in [5, 5.41) is 0. The number of hydrogen-bond donors (Lipinski definition) is 0. The van der Waals surface area contributed by atoms with Crippen molar-refractivity contribution in [3.63, 3.8) is 0 Å². The van der Waals surface area contributed by atoms with Gasteiger partial charge in [-0.2, -0.15) is 0 Å². The molecule has 1 aliphatic rings. The third-order valence-corrected chi connectivity index (χ3v) is 7.72. The van der Waals surface area contributed by atoms with Crippen molar-refractivity contribution in [3.05, 3.63) is 82.4 Å². The molecule has 1 atom stereocenters. The van der Waals surface area contributed by atoms with E-state index in [0.29, 0.717) is 12.9 Å². The van der Waals surface area contributed by atoms with Crippen molar-refractivity contribution >= 4 is 15.7 Å². The van der Waals surface area contributed by atoms with Gasteiger partial charge >= 0.3 is 0 Å². The van der Waals surface area contributed by atoms with Gasteiger partial charge in [0.2, 0.25) is 0 Å². The van der Waals surface area contributed by atoms with E-state index in [1.807, 2.05) is 26.6 Å². The van der Waals surface area contributed by atoms with Crippen LogP contribution in [-0.2, 0) is 20.8 Å². The van der Waals surface area contributed by atoms with E-state index in [2.05, 4.69) is 103 Å². The van der Waals surface area contributed by atoms with Crippen LogP contribution in [0.3, 0.4) is 0 Å². The summed E-state index contributed by atoms with van der Waals surface area (Å²) in [5.74, 6) is 1.12. The summed E-state index contributed by atoms with van der Waals surface area (Å²) in [6.45, 7) is 20.2. The van der Waals surface area contributed by atoms with Gasteiger partial charge in [0.05, 0.1) is 6.54 Å². The predicted molar refractivity (Wildman–Crippen MR) is 191 cm³/mol. The Morgan fingerprint density at radius 2 is 1.62 bits per heavy atom. The van der Waals surface area contributed by atoms with Crippen molar-refractivity contribution < 1.29 is 23.0 Å². The summed E-state index contributed by atoms with van der Waals surface area (Å²) in [6, 6.07) is 8.74. The lowest BCUT2D eigenvalue weighted by Gasteiger charge is -2.43. The van der Waals surface area contributed by atoms with Gasteiger partial charge in [0.1, 0.15) is 17.8 Å². The van der Waals surface area contributed by atoms with Crippen molar-refractivity contribution in [2.45, 2.75) is 92.7 Å². The van der Waals surface area contributed by atoms with Crippen LogP contribution in [0.5, 0.6) is 0 Å². The van der Waals surface area contributed by atoms with E-state index in [1.165, 1.54) is 22.4 Å². The van der Waals surface area contributed by atoms with E-state index in [4.69, 9.17) is 9.47 Å². The largest absolute Gasteiger partial charge is 0.459 e. The number of piperidine rings is 1. The van der Waals surface area contributed by atoms with Crippen molar-refractivity contribution in [3.8, 4) is 12.8 Å². The molecule has 254 valence electrons. The number of allylic oxidation sites excluding steroid dienone is 6. The van der Waals surface area contributed by atoms with Crippen molar-refractivity contribution in [1.29, 1.82) is 0 Å². The number of hydrogen-bond acceptors (Lipinski definition) is 5. The standard InChI is InChI=1S/C24H36N2O2.C7H11F2P.C4H10O.C2H2/c1-6-23(12-7-20(2)3)25(5)18-24(28-19-27)13-15-26(16-14-24)17-22-10-8-21(4)9-11-22;1-6(5-10)2-3-7(9)4-8;1-3-5-4-2;1-2/h7-12,19H,6,13-18H2,1-5H3;4-5H,2-3,10H2,1H3;3-4H2,1-2H3;1-2H/b23-12+;6-5+,7-4-;;. The first-order valence-corrected chi connectivity index (χ1v) is 16.3. The lowest BCUT2D eigenvalue weighted by Crippen LogP contribution is -2.51. The van der Waals surface area contributed by atoms with Crippen LogP contribution in [0.4, 0.5) is 8.78 Å². The number of carbonyl (C=O) groups excluding carboxylic acids is 1. The molecule has 8 heteroatoms. The number of nitrogens with zero attached hydrogens (tertiary/aromatic N) is 2. The predicted octanol–water partition coefficient (Wildman–Crippen LogP) is 9.31. The summed E-state index contributed by atoms with van der Waals surface area (Å²) >= 11 is 0. The van der Waals surface area contributed by atoms with Crippen LogP contribution in [-0.4, -0.2) is 61.8 Å². The highest BCUT2D eigenvalue weighted by Crippen LogP contribution is 2.29. The van der Waals surface area contributed by atoms with Gasteiger partial charge in [-0.05, 0) is 66.0 Å². The molecule has 0 spiro atoms. The smallest absolute Gasteiger partial charge is 0.293 e. The average Bonchev–Trinajstić information content (AvgIpc) is 3.04. The normalized spacial score (nSPS) is 14.7. The lowest BCUT2D eigenvalue weighted by atomic mass is 9.90. The number of terminal acetylenes is 1. The summed E-state index contributed by atoms with van der Waals surface area (Å²) in [7, 11) is 4.52. The maximum absolute atomic E-state index is 12.1. The molecule has 1 aromatic rings. The number of rotatable bonds is 14. The molecule has 0 aliphatic carbocycles. The molecule has 2 rings (SSSR count). The molecule has 1 unspecified atom stereocenters. The Morgan fingerprint density at radius 3 is 2.04 bits per heavy atom. The van der Waals surface area contributed by atoms with Crippen LogP contribution >= 0.6 is 9.24 Å². The number of carbonyl (C=O) groups is 1. The summed E-state index contributed by atoms with van der Waals surface area (Å²) in [6.07, 6.45) is 15.8. The molecule has 0 aromatic heterocycles. The molecule has 0 N–H and O–H groups in total. The van der Waals surface area contributed by atoms with Crippen molar-refractivity contribution in [1.82, 2.24) is 9.80 Å². The number of aryl methyl sites for hydroxylation is 1. The Labute approximate surface area is 276 Å². The quantitative estimate of drug-likeness (QED) is 0.0871. The highest BCUT2D eigenvalue weighted by atomic mass is 31.0. The van der Waals surface area contributed by atoms with Crippen LogP contribution in [0.15, 0.2) is 71.2 Å². The zero-order chi connectivity index (χ0) is 34.7. The van der Waals surface area contributed by atoms with Crippen molar-refractivity contribution in [2.24, 2.45) is 0 Å². The monoisotopic (exact) mass is 648 g/mol. The van der Waals surface area contributed by atoms with Gasteiger partial charge in [0, 0.05) is 64.9 Å². The number of halogens is 2. The summed E-state index contributed by atoms with van der Waals surface area (Å²) < 4.78 is 34.0. The van der Waals surface area contributed by atoms with E-state index >= 15 is 0 Å². The third-order valence-electron chi connectivity index (χ3n) is 7.15. The Hall–Kier alpha value is -2.78. The molecule has 1 saturated heterocycles. The fraction of sp³-hybridized carbons (Fsp3) is 0.541. The third kappa shape index (κ3) is 21.6. The maximum atomic E-state index is 12.1. The highest BCUT2D eigenvalue weighted by Gasteiger charge is 2.37. The fourth-order valence-electron chi connectivity index (χ4n) is 4.46. The second-order valence-corrected chi connectivity index (χ2v) is 11.5. The van der Waals surface area contributed by atoms with Crippen LogP contribution in [0, 0.1) is 19.8 Å². The summed E-state index contributed by atoms with van der Waals surface area (Å²) in [4.78, 5) is 15.9. The van der Waals surface area contributed by atoms with Crippen molar-refractivity contribution in [2.75, 3.05) is 39.9 Å². The zero-order valence-electron chi connectivity index (χ0n) is 29.1. The highest BCUT2D eigenvalue weighted by molar-refractivity contribution is 7.20. The molecule has 0 saturated carbocycles. The summed E-state index contributed by atoms with van der Waals surface area (Å²) in [5.41, 5.74) is 5.81. The molecule has 45 heavy (non-hydrogen) atoms. The molecule has 1 fully saturated rings. The SMILES string of the molecule is C#C.C/C(=C\P)CC/C(F)=C/F.CC/C(=C\C=C(C)C)N(C)CC1(OC=O)CCN(Cc2ccc(C)cc2)CC1.CCOCC. The van der Waals surface area contributed by atoms with Crippen LogP contribution in [0.1, 0.15) is 84.8 Å². The fourth-order valence-corrected chi connectivity index (χ4v) is 4.62.